The molecule has 3 N–H and O–H groups in total. The number of fused-ring (bicyclic) bond motifs is 2. The van der Waals surface area contributed by atoms with Crippen LogP contribution in [0.25, 0.3) is 12.2 Å². The van der Waals surface area contributed by atoms with E-state index >= 15 is 0 Å². The molecule has 0 aliphatic carbocycles. The zero-order valence-electron chi connectivity index (χ0n) is 20.5. The Hall–Kier alpha value is -3.46. The summed E-state index contributed by atoms with van der Waals surface area (Å²) in [5.41, 5.74) is 5.17. The quantitative estimate of drug-likeness (QED) is 0.481. The van der Waals surface area contributed by atoms with Crippen LogP contribution in [0.15, 0.2) is 60.7 Å². The molecule has 8 heteroatoms. The van der Waals surface area contributed by atoms with Gasteiger partial charge in [-0.3, -0.25) is 4.90 Å². The minimum absolute atomic E-state index is 0.266. The summed E-state index contributed by atoms with van der Waals surface area (Å²) in [5, 5.41) is 24.8. The number of hydrogen-bond donors (Lipinski definition) is 3. The molecule has 2 aromatic carbocycles. The minimum atomic E-state index is -1.26. The predicted molar refractivity (Wildman–Crippen MR) is 142 cm³/mol. The van der Waals surface area contributed by atoms with E-state index in [9.17, 15) is 14.7 Å². The summed E-state index contributed by atoms with van der Waals surface area (Å²) in [6.45, 7) is 7.67. The average Bonchev–Trinajstić information content (AvgIpc) is 3.19. The van der Waals surface area contributed by atoms with Crippen molar-refractivity contribution in [3.63, 3.8) is 0 Å². The first-order valence-electron chi connectivity index (χ1n) is 12.3. The van der Waals surface area contributed by atoms with E-state index in [1.807, 2.05) is 0 Å². The molecule has 2 aliphatic heterocycles. The van der Waals surface area contributed by atoms with Gasteiger partial charge in [-0.25, -0.2) is 9.59 Å². The van der Waals surface area contributed by atoms with Crippen LogP contribution in [0.1, 0.15) is 24.0 Å². The molecule has 192 valence electrons. The van der Waals surface area contributed by atoms with Crippen molar-refractivity contribution >= 4 is 35.5 Å². The highest BCUT2D eigenvalue weighted by molar-refractivity contribution is 5.90. The highest BCUT2D eigenvalue weighted by Gasteiger charge is 2.18. The van der Waals surface area contributed by atoms with Crippen molar-refractivity contribution in [3.8, 4) is 0 Å². The van der Waals surface area contributed by atoms with Crippen LogP contribution in [0.2, 0.25) is 0 Å². The van der Waals surface area contributed by atoms with Crippen molar-refractivity contribution in [1.82, 2.24) is 9.80 Å². The van der Waals surface area contributed by atoms with Gasteiger partial charge in [-0.2, -0.15) is 0 Å². The molecule has 1 saturated heterocycles. The first kappa shape index (κ1) is 27.1. The fourth-order valence-electron chi connectivity index (χ4n) is 4.51. The van der Waals surface area contributed by atoms with Gasteiger partial charge in [0.1, 0.15) is 0 Å². The summed E-state index contributed by atoms with van der Waals surface area (Å²) in [5.74, 6) is -2.51. The number of aliphatic hydroxyl groups is 1. The maximum absolute atomic E-state index is 9.55. The number of rotatable bonds is 8. The Balaban J connectivity index is 0.000000392. The van der Waals surface area contributed by atoms with Crippen LogP contribution in [0.3, 0.4) is 0 Å². The van der Waals surface area contributed by atoms with Crippen molar-refractivity contribution in [3.05, 3.63) is 71.8 Å². The van der Waals surface area contributed by atoms with Gasteiger partial charge < -0.3 is 25.1 Å². The number of aliphatic carboxylic acids is 2. The molecule has 1 fully saturated rings. The van der Waals surface area contributed by atoms with Gasteiger partial charge in [0.05, 0.1) is 6.61 Å². The summed E-state index contributed by atoms with van der Waals surface area (Å²) in [6.07, 6.45) is 7.92. The highest BCUT2D eigenvalue weighted by atomic mass is 16.4. The Morgan fingerprint density at radius 1 is 0.722 bits per heavy atom. The van der Waals surface area contributed by atoms with E-state index in [1.54, 1.807) is 0 Å². The standard InChI is InChI=1S/C24H31N3O.C4H4O4/c28-20-19-26-14-5-13-25(17-18-26)15-6-16-27-23-9-3-1-7-21(23)11-12-22-8-2-4-10-24(22)27;5-3(6)1-2-4(7)8/h1-4,7-12,28H,5-6,13-20H2;1-2H,(H,5,6)(H,7,8)/b;2-1+. The van der Waals surface area contributed by atoms with Gasteiger partial charge >= 0.3 is 11.9 Å². The summed E-state index contributed by atoms with van der Waals surface area (Å²) < 4.78 is 0. The molecular weight excluding hydrogens is 458 g/mol. The van der Waals surface area contributed by atoms with Crippen molar-refractivity contribution < 1.29 is 24.9 Å². The number of carboxylic acid groups (broad SMARTS) is 2. The third-order valence-electron chi connectivity index (χ3n) is 6.22. The van der Waals surface area contributed by atoms with E-state index in [0.29, 0.717) is 12.2 Å². The molecule has 0 bridgehead atoms. The Kier molecular flexibility index (Phi) is 10.7. The van der Waals surface area contributed by atoms with Crippen LogP contribution in [-0.4, -0.2) is 89.5 Å². The second-order valence-electron chi connectivity index (χ2n) is 8.73. The average molecular weight is 494 g/mol. The highest BCUT2D eigenvalue weighted by Crippen LogP contribution is 2.36. The number of hydrogen-bond acceptors (Lipinski definition) is 6. The second-order valence-corrected chi connectivity index (χ2v) is 8.73. The van der Waals surface area contributed by atoms with Crippen LogP contribution < -0.4 is 4.90 Å². The molecule has 2 aliphatic rings. The topological polar surface area (TPSA) is 105 Å². The third kappa shape index (κ3) is 8.34. The number of aliphatic hydroxyl groups excluding tert-OH is 1. The number of carbonyl (C=O) groups is 2. The van der Waals surface area contributed by atoms with Crippen LogP contribution in [0.4, 0.5) is 11.4 Å². The Bertz CT molecular complexity index is 1000. The maximum atomic E-state index is 9.55. The van der Waals surface area contributed by atoms with Gasteiger partial charge in [-0.1, -0.05) is 48.6 Å². The molecule has 0 aromatic heterocycles. The smallest absolute Gasteiger partial charge is 0.328 e. The van der Waals surface area contributed by atoms with Crippen molar-refractivity contribution in [1.29, 1.82) is 0 Å². The Morgan fingerprint density at radius 2 is 1.22 bits per heavy atom. The van der Waals surface area contributed by atoms with Gasteiger partial charge in [-0.15, -0.1) is 0 Å². The van der Waals surface area contributed by atoms with E-state index in [1.165, 1.54) is 28.9 Å². The molecule has 0 radical (unpaired) electrons. The largest absolute Gasteiger partial charge is 0.478 e. The number of benzene rings is 2. The first-order valence-corrected chi connectivity index (χ1v) is 12.3. The molecule has 0 saturated carbocycles. The van der Waals surface area contributed by atoms with Gasteiger partial charge in [-0.05, 0) is 55.7 Å². The van der Waals surface area contributed by atoms with Crippen LogP contribution in [0.5, 0.6) is 0 Å². The molecule has 0 atom stereocenters. The lowest BCUT2D eigenvalue weighted by Crippen LogP contribution is -2.33. The molecule has 4 rings (SSSR count). The monoisotopic (exact) mass is 493 g/mol. The van der Waals surface area contributed by atoms with E-state index in [-0.39, 0.29) is 6.61 Å². The summed E-state index contributed by atoms with van der Waals surface area (Å²) in [4.78, 5) is 26.6. The maximum Gasteiger partial charge on any atom is 0.328 e. The fraction of sp³-hybridized carbons (Fsp3) is 0.357. The molecule has 2 heterocycles. The molecule has 8 nitrogen and oxygen atoms in total. The number of anilines is 2. The van der Waals surface area contributed by atoms with E-state index in [4.69, 9.17) is 10.2 Å². The minimum Gasteiger partial charge on any atom is -0.478 e. The zero-order valence-corrected chi connectivity index (χ0v) is 20.5. The SMILES string of the molecule is O=C(O)/C=C/C(=O)O.OCCN1CCCN(CCCN2c3ccccc3C=Cc3ccccc32)CC1. The van der Waals surface area contributed by atoms with E-state index in [0.717, 1.165) is 52.2 Å². The van der Waals surface area contributed by atoms with Gasteiger partial charge in [0.25, 0.3) is 0 Å². The fourth-order valence-corrected chi connectivity index (χ4v) is 4.51. The van der Waals surface area contributed by atoms with Crippen molar-refractivity contribution in [2.24, 2.45) is 0 Å². The number of β-amino-alcohol motifs (C(OH)–C–C–N with tert-alkyl or cyclic N) is 1. The second kappa shape index (κ2) is 14.2. The van der Waals surface area contributed by atoms with Gasteiger partial charge in [0.15, 0.2) is 0 Å². The zero-order chi connectivity index (χ0) is 25.8. The number of carboxylic acids is 2. The predicted octanol–water partition coefficient (Wildman–Crippen LogP) is 3.41. The Labute approximate surface area is 212 Å². The first-order chi connectivity index (χ1) is 17.5. The summed E-state index contributed by atoms with van der Waals surface area (Å²) in [6, 6.07) is 17.4. The van der Waals surface area contributed by atoms with Gasteiger partial charge in [0.2, 0.25) is 0 Å². The molecule has 0 unspecified atom stereocenters. The van der Waals surface area contributed by atoms with Crippen LogP contribution >= 0.6 is 0 Å². The third-order valence-corrected chi connectivity index (χ3v) is 6.22. The lowest BCUT2D eigenvalue weighted by molar-refractivity contribution is -0.134. The van der Waals surface area contributed by atoms with Crippen molar-refractivity contribution in [2.45, 2.75) is 12.8 Å². The van der Waals surface area contributed by atoms with E-state index in [2.05, 4.69) is 75.4 Å². The molecule has 0 spiro atoms. The molecule has 36 heavy (non-hydrogen) atoms. The normalized spacial score (nSPS) is 15.9. The lowest BCUT2D eigenvalue weighted by Gasteiger charge is -2.28. The number of para-hydroxylation sites is 2. The van der Waals surface area contributed by atoms with Crippen LogP contribution in [-0.2, 0) is 9.59 Å². The summed E-state index contributed by atoms with van der Waals surface area (Å²) in [7, 11) is 0. The van der Waals surface area contributed by atoms with E-state index < -0.39 is 11.9 Å². The molecule has 2 aromatic rings. The van der Waals surface area contributed by atoms with Crippen LogP contribution in [0, 0.1) is 0 Å². The lowest BCUT2D eigenvalue weighted by atomic mass is 10.1. The molecular formula is C28H35N3O5. The summed E-state index contributed by atoms with van der Waals surface area (Å²) >= 11 is 0. The Morgan fingerprint density at radius 3 is 1.72 bits per heavy atom. The number of nitrogens with zero attached hydrogens (tertiary/aromatic N) is 3. The van der Waals surface area contributed by atoms with Gasteiger partial charge in [0, 0.05) is 49.7 Å². The van der Waals surface area contributed by atoms with Crippen molar-refractivity contribution in [2.75, 3.05) is 57.3 Å². The molecule has 0 amide bonds.